The van der Waals surface area contributed by atoms with Gasteiger partial charge in [-0.05, 0) is 42.3 Å². The molecule has 0 radical (unpaired) electrons. The number of carbonyl (C=O) groups excluding carboxylic acids is 1. The molecule has 29 heavy (non-hydrogen) atoms. The second-order valence-corrected chi connectivity index (χ2v) is 11.1. The molecule has 3 rings (SSSR count). The molecule has 0 saturated carbocycles. The van der Waals surface area contributed by atoms with Crippen LogP contribution < -0.4 is 15.2 Å². The Morgan fingerprint density at radius 3 is 2.41 bits per heavy atom. The molecule has 0 bridgehead atoms. The Morgan fingerprint density at radius 1 is 1.10 bits per heavy atom. The first-order chi connectivity index (χ1) is 13.6. The highest BCUT2D eigenvalue weighted by Crippen LogP contribution is 2.34. The fourth-order valence-electron chi connectivity index (χ4n) is 2.71. The molecule has 11 heteroatoms. The van der Waals surface area contributed by atoms with E-state index in [9.17, 15) is 21.6 Å². The highest BCUT2D eigenvalue weighted by Gasteiger charge is 2.22. The number of thioether (sulfide) groups is 1. The summed E-state index contributed by atoms with van der Waals surface area (Å²) in [6.07, 6.45) is 0.374. The SMILES string of the molecule is CC1CSc2ccc(S(=O)(=O)NCCc3ccc(S(N)(=O)=O)cc3)cc2NC1=O. The van der Waals surface area contributed by atoms with Crippen LogP contribution in [0.15, 0.2) is 57.2 Å². The maximum absolute atomic E-state index is 12.6. The number of sulfonamides is 2. The van der Waals surface area contributed by atoms with E-state index < -0.39 is 20.0 Å². The van der Waals surface area contributed by atoms with E-state index in [4.69, 9.17) is 5.14 Å². The molecule has 1 atom stereocenters. The minimum atomic E-state index is -3.76. The number of nitrogens with two attached hydrogens (primary N) is 1. The zero-order valence-electron chi connectivity index (χ0n) is 15.6. The van der Waals surface area contributed by atoms with Crippen molar-refractivity contribution in [2.24, 2.45) is 11.1 Å². The Bertz CT molecular complexity index is 1130. The lowest BCUT2D eigenvalue weighted by Crippen LogP contribution is -2.26. The summed E-state index contributed by atoms with van der Waals surface area (Å²) in [4.78, 5) is 12.9. The first-order valence-corrected chi connectivity index (χ1v) is 12.8. The van der Waals surface area contributed by atoms with E-state index in [1.807, 2.05) is 6.92 Å². The molecule has 1 heterocycles. The quantitative estimate of drug-likeness (QED) is 0.604. The van der Waals surface area contributed by atoms with Crippen LogP contribution in [0.1, 0.15) is 12.5 Å². The van der Waals surface area contributed by atoms with Crippen LogP contribution >= 0.6 is 11.8 Å². The summed E-state index contributed by atoms with van der Waals surface area (Å²) < 4.78 is 50.3. The summed E-state index contributed by atoms with van der Waals surface area (Å²) in [5.41, 5.74) is 1.26. The molecule has 1 aliphatic rings. The van der Waals surface area contributed by atoms with Crippen molar-refractivity contribution in [2.45, 2.75) is 28.0 Å². The zero-order valence-corrected chi connectivity index (χ0v) is 18.0. The Morgan fingerprint density at radius 2 is 1.76 bits per heavy atom. The van der Waals surface area contributed by atoms with Crippen molar-refractivity contribution >= 4 is 43.4 Å². The van der Waals surface area contributed by atoms with E-state index >= 15 is 0 Å². The molecule has 8 nitrogen and oxygen atoms in total. The van der Waals surface area contributed by atoms with Gasteiger partial charge in [-0.25, -0.2) is 26.7 Å². The van der Waals surface area contributed by atoms with Gasteiger partial charge in [-0.3, -0.25) is 4.79 Å². The average molecular weight is 456 g/mol. The second kappa shape index (κ2) is 8.44. The van der Waals surface area contributed by atoms with Gasteiger partial charge in [-0.15, -0.1) is 11.8 Å². The maximum atomic E-state index is 12.6. The van der Waals surface area contributed by atoms with Gasteiger partial charge < -0.3 is 5.32 Å². The van der Waals surface area contributed by atoms with Crippen LogP contribution in [0.25, 0.3) is 0 Å². The predicted molar refractivity (Wildman–Crippen MR) is 112 cm³/mol. The van der Waals surface area contributed by atoms with E-state index in [2.05, 4.69) is 10.0 Å². The molecule has 1 unspecified atom stereocenters. The summed E-state index contributed by atoms with van der Waals surface area (Å²) in [5.74, 6) is 0.334. The van der Waals surface area contributed by atoms with Gasteiger partial charge in [0.1, 0.15) is 0 Å². The maximum Gasteiger partial charge on any atom is 0.240 e. The number of nitrogens with one attached hydrogen (secondary N) is 2. The fourth-order valence-corrected chi connectivity index (χ4v) is 5.29. The van der Waals surface area contributed by atoms with Gasteiger partial charge in [0.2, 0.25) is 26.0 Å². The predicted octanol–water partition coefficient (Wildman–Crippen LogP) is 1.54. The lowest BCUT2D eigenvalue weighted by Gasteiger charge is -2.11. The molecule has 0 aliphatic carbocycles. The van der Waals surface area contributed by atoms with Crippen molar-refractivity contribution in [3.8, 4) is 0 Å². The topological polar surface area (TPSA) is 135 Å². The molecule has 0 spiro atoms. The molecule has 2 aromatic carbocycles. The molecule has 0 fully saturated rings. The molecular formula is C18H21N3O5S3. The number of primary sulfonamides is 1. The first kappa shape index (κ1) is 21.8. The van der Waals surface area contributed by atoms with Crippen LogP contribution in [0, 0.1) is 5.92 Å². The first-order valence-electron chi connectivity index (χ1n) is 8.75. The van der Waals surface area contributed by atoms with Gasteiger partial charge in [0, 0.05) is 23.1 Å². The van der Waals surface area contributed by atoms with Crippen molar-refractivity contribution in [1.82, 2.24) is 4.72 Å². The largest absolute Gasteiger partial charge is 0.325 e. The van der Waals surface area contributed by atoms with E-state index in [1.165, 1.54) is 36.0 Å². The van der Waals surface area contributed by atoms with E-state index in [1.54, 1.807) is 18.2 Å². The van der Waals surface area contributed by atoms with Gasteiger partial charge in [0.05, 0.1) is 15.5 Å². The van der Waals surface area contributed by atoms with Gasteiger partial charge in [-0.2, -0.15) is 0 Å². The number of benzene rings is 2. The molecule has 4 N–H and O–H groups in total. The Balaban J connectivity index is 1.67. The van der Waals surface area contributed by atoms with Crippen LogP contribution in [-0.4, -0.2) is 35.0 Å². The van der Waals surface area contributed by atoms with E-state index in [-0.39, 0.29) is 28.2 Å². The number of anilines is 1. The third kappa shape index (κ3) is 5.37. The van der Waals surface area contributed by atoms with Gasteiger partial charge in [0.15, 0.2) is 0 Å². The molecule has 1 amide bonds. The molecule has 1 aliphatic heterocycles. The highest BCUT2D eigenvalue weighted by molar-refractivity contribution is 7.99. The van der Waals surface area contributed by atoms with Crippen LogP contribution in [0.2, 0.25) is 0 Å². The van der Waals surface area contributed by atoms with Crippen LogP contribution in [0.4, 0.5) is 5.69 Å². The highest BCUT2D eigenvalue weighted by atomic mass is 32.2. The van der Waals surface area contributed by atoms with Crippen LogP contribution in [-0.2, 0) is 31.3 Å². The smallest absolute Gasteiger partial charge is 0.240 e. The lowest BCUT2D eigenvalue weighted by atomic mass is 10.2. The molecule has 2 aromatic rings. The minimum Gasteiger partial charge on any atom is -0.325 e. The number of hydrogen-bond donors (Lipinski definition) is 3. The number of rotatable bonds is 6. The van der Waals surface area contributed by atoms with Crippen LogP contribution in [0.3, 0.4) is 0 Å². The summed E-state index contributed by atoms with van der Waals surface area (Å²) in [5, 5.41) is 7.83. The summed E-state index contributed by atoms with van der Waals surface area (Å²) in [6.45, 7) is 1.95. The monoisotopic (exact) mass is 455 g/mol. The second-order valence-electron chi connectivity index (χ2n) is 6.70. The van der Waals surface area contributed by atoms with Crippen molar-refractivity contribution in [3.63, 3.8) is 0 Å². The number of fused-ring (bicyclic) bond motifs is 1. The van der Waals surface area contributed by atoms with E-state index in [0.29, 0.717) is 17.9 Å². The minimum absolute atomic E-state index is 0.000966. The summed E-state index contributed by atoms with van der Waals surface area (Å²) in [6, 6.07) is 10.6. The van der Waals surface area contributed by atoms with Gasteiger partial charge in [-0.1, -0.05) is 19.1 Å². The summed E-state index contributed by atoms with van der Waals surface area (Å²) in [7, 11) is -7.52. The number of hydrogen-bond acceptors (Lipinski definition) is 6. The Labute approximate surface area is 174 Å². The Kier molecular flexibility index (Phi) is 6.34. The number of carbonyl (C=O) groups is 1. The average Bonchev–Trinajstić information content (AvgIpc) is 2.79. The lowest BCUT2D eigenvalue weighted by molar-refractivity contribution is -0.118. The third-order valence-corrected chi connectivity index (χ3v) is 8.13. The fraction of sp³-hybridized carbons (Fsp3) is 0.278. The molecule has 0 saturated heterocycles. The summed E-state index contributed by atoms with van der Waals surface area (Å²) >= 11 is 1.51. The standard InChI is InChI=1S/C18H21N3O5S3/c1-12-11-27-17-7-6-15(10-16(17)21-18(12)22)29(25,26)20-9-8-13-2-4-14(5-3-13)28(19,23)24/h2-7,10,12,20H,8-9,11H2,1H3,(H,21,22)(H2,19,23,24). The van der Waals surface area contributed by atoms with Crippen LogP contribution in [0.5, 0.6) is 0 Å². The van der Waals surface area contributed by atoms with Gasteiger partial charge in [0.25, 0.3) is 0 Å². The number of amides is 1. The molecule has 156 valence electrons. The van der Waals surface area contributed by atoms with Crippen molar-refractivity contribution in [3.05, 3.63) is 48.0 Å². The van der Waals surface area contributed by atoms with Crippen molar-refractivity contribution < 1.29 is 21.6 Å². The van der Waals surface area contributed by atoms with E-state index in [0.717, 1.165) is 10.5 Å². The zero-order chi connectivity index (χ0) is 21.2. The Hall–Kier alpha value is -1.92. The normalized spacial score (nSPS) is 17.3. The molecule has 0 aromatic heterocycles. The van der Waals surface area contributed by atoms with Gasteiger partial charge >= 0.3 is 0 Å². The third-order valence-electron chi connectivity index (χ3n) is 4.41. The molecular weight excluding hydrogens is 434 g/mol. The van der Waals surface area contributed by atoms with Crippen molar-refractivity contribution in [2.75, 3.05) is 17.6 Å². The van der Waals surface area contributed by atoms with Crippen molar-refractivity contribution in [1.29, 1.82) is 0 Å².